The summed E-state index contributed by atoms with van der Waals surface area (Å²) in [5.41, 5.74) is 0.954. The van der Waals surface area contributed by atoms with Gasteiger partial charge >= 0.3 is 0 Å². The van der Waals surface area contributed by atoms with Crippen LogP contribution in [0.1, 0.15) is 25.2 Å². The minimum Gasteiger partial charge on any atom is -0.329 e. The van der Waals surface area contributed by atoms with E-state index in [0.29, 0.717) is 19.1 Å². The molecular formula is C14H17ClFN3. The number of hydrogen-bond donors (Lipinski definition) is 1. The highest BCUT2D eigenvalue weighted by molar-refractivity contribution is 6.30. The minimum absolute atomic E-state index is 0.152. The molecule has 1 heterocycles. The van der Waals surface area contributed by atoms with Crippen LogP contribution in [-0.4, -0.2) is 15.6 Å². The number of hydrogen-bond acceptors (Lipinski definition) is 2. The van der Waals surface area contributed by atoms with Crippen LogP contribution in [-0.2, 0) is 13.1 Å². The molecule has 19 heavy (non-hydrogen) atoms. The average molecular weight is 282 g/mol. The Morgan fingerprint density at radius 3 is 2.89 bits per heavy atom. The fourth-order valence-corrected chi connectivity index (χ4v) is 1.98. The quantitative estimate of drug-likeness (QED) is 0.912. The van der Waals surface area contributed by atoms with Crippen LogP contribution in [0.4, 0.5) is 4.39 Å². The summed E-state index contributed by atoms with van der Waals surface area (Å²) in [5.74, 6) is 0.562. The summed E-state index contributed by atoms with van der Waals surface area (Å²) >= 11 is 5.78. The number of nitrogens with zero attached hydrogens (tertiary/aromatic N) is 2. The Bertz CT molecular complexity index is 551. The van der Waals surface area contributed by atoms with Gasteiger partial charge in [-0.1, -0.05) is 31.5 Å². The molecule has 1 N–H and O–H groups in total. The van der Waals surface area contributed by atoms with Gasteiger partial charge in [0.15, 0.2) is 0 Å². The second kappa shape index (κ2) is 6.17. The number of nitrogens with one attached hydrogen (secondary N) is 1. The number of imidazole rings is 1. The van der Waals surface area contributed by atoms with Gasteiger partial charge in [0.05, 0.1) is 11.6 Å². The summed E-state index contributed by atoms with van der Waals surface area (Å²) in [6.07, 6.45) is 3.68. The lowest BCUT2D eigenvalue weighted by molar-refractivity contribution is 0.554. The molecule has 102 valence electrons. The van der Waals surface area contributed by atoms with Crippen molar-refractivity contribution in [2.24, 2.45) is 0 Å². The van der Waals surface area contributed by atoms with Crippen molar-refractivity contribution < 1.29 is 4.39 Å². The van der Waals surface area contributed by atoms with E-state index < -0.39 is 5.82 Å². The topological polar surface area (TPSA) is 29.9 Å². The van der Waals surface area contributed by atoms with Crippen LogP contribution in [0.25, 0.3) is 0 Å². The van der Waals surface area contributed by atoms with Crippen molar-refractivity contribution in [2.75, 3.05) is 0 Å². The SMILES string of the molecule is CC(C)NCc1nccn1Cc1ccc(F)c(Cl)c1. The molecule has 0 atom stereocenters. The second-order valence-electron chi connectivity index (χ2n) is 4.76. The average Bonchev–Trinajstić information content (AvgIpc) is 2.79. The van der Waals surface area contributed by atoms with E-state index >= 15 is 0 Å². The van der Waals surface area contributed by atoms with Crippen LogP contribution in [0, 0.1) is 5.82 Å². The van der Waals surface area contributed by atoms with Gasteiger partial charge in [0, 0.05) is 25.0 Å². The Morgan fingerprint density at radius 2 is 2.21 bits per heavy atom. The highest BCUT2D eigenvalue weighted by atomic mass is 35.5. The molecule has 2 rings (SSSR count). The molecular weight excluding hydrogens is 265 g/mol. The van der Waals surface area contributed by atoms with Crippen molar-refractivity contribution in [1.82, 2.24) is 14.9 Å². The molecule has 0 spiro atoms. The first-order valence-corrected chi connectivity index (χ1v) is 6.61. The number of benzene rings is 1. The molecule has 0 aliphatic carbocycles. The third kappa shape index (κ3) is 3.78. The molecule has 0 amide bonds. The Morgan fingerprint density at radius 1 is 1.42 bits per heavy atom. The highest BCUT2D eigenvalue weighted by Gasteiger charge is 2.06. The van der Waals surface area contributed by atoms with Gasteiger partial charge in [-0.15, -0.1) is 0 Å². The maximum atomic E-state index is 13.1. The summed E-state index contributed by atoms with van der Waals surface area (Å²) in [6.45, 7) is 5.52. The zero-order valence-corrected chi connectivity index (χ0v) is 11.8. The zero-order chi connectivity index (χ0) is 13.8. The summed E-state index contributed by atoms with van der Waals surface area (Å²) in [6, 6.07) is 5.18. The van der Waals surface area contributed by atoms with Gasteiger partial charge in [-0.3, -0.25) is 0 Å². The Hall–Kier alpha value is -1.39. The predicted molar refractivity (Wildman–Crippen MR) is 74.7 cm³/mol. The van der Waals surface area contributed by atoms with Crippen molar-refractivity contribution in [1.29, 1.82) is 0 Å². The van der Waals surface area contributed by atoms with E-state index in [4.69, 9.17) is 11.6 Å². The fraction of sp³-hybridized carbons (Fsp3) is 0.357. The number of halogens is 2. The first-order chi connectivity index (χ1) is 9.06. The van der Waals surface area contributed by atoms with Crippen molar-refractivity contribution >= 4 is 11.6 Å². The van der Waals surface area contributed by atoms with Crippen molar-refractivity contribution in [3.05, 3.63) is 52.8 Å². The maximum Gasteiger partial charge on any atom is 0.141 e. The number of aromatic nitrogens is 2. The van der Waals surface area contributed by atoms with E-state index in [9.17, 15) is 4.39 Å². The highest BCUT2D eigenvalue weighted by Crippen LogP contribution is 2.17. The monoisotopic (exact) mass is 281 g/mol. The molecule has 2 aromatic rings. The molecule has 0 saturated carbocycles. The molecule has 3 nitrogen and oxygen atoms in total. The van der Waals surface area contributed by atoms with E-state index in [0.717, 1.165) is 11.4 Å². The molecule has 5 heteroatoms. The standard InChI is InChI=1S/C14H17ClFN3/c1-10(2)18-8-14-17-5-6-19(14)9-11-3-4-13(16)12(15)7-11/h3-7,10,18H,8-9H2,1-2H3. The van der Waals surface area contributed by atoms with Gasteiger partial charge in [0.2, 0.25) is 0 Å². The van der Waals surface area contributed by atoms with Crippen molar-refractivity contribution in [3.63, 3.8) is 0 Å². The Labute approximate surface area is 117 Å². The van der Waals surface area contributed by atoms with Crippen LogP contribution >= 0.6 is 11.6 Å². The molecule has 0 radical (unpaired) electrons. The lowest BCUT2D eigenvalue weighted by Gasteiger charge is -2.11. The lowest BCUT2D eigenvalue weighted by atomic mass is 10.2. The first kappa shape index (κ1) is 14.0. The molecule has 1 aromatic heterocycles. The fourth-order valence-electron chi connectivity index (χ4n) is 1.78. The third-order valence-corrected chi connectivity index (χ3v) is 3.10. The molecule has 0 fully saturated rings. The summed E-state index contributed by atoms with van der Waals surface area (Å²) < 4.78 is 15.1. The van der Waals surface area contributed by atoms with Gasteiger partial charge in [-0.2, -0.15) is 0 Å². The third-order valence-electron chi connectivity index (χ3n) is 2.81. The molecule has 0 saturated heterocycles. The normalized spacial score (nSPS) is 11.2. The summed E-state index contributed by atoms with van der Waals surface area (Å²) in [7, 11) is 0. The van der Waals surface area contributed by atoms with Gasteiger partial charge in [-0.25, -0.2) is 9.37 Å². The first-order valence-electron chi connectivity index (χ1n) is 6.23. The summed E-state index contributed by atoms with van der Waals surface area (Å²) in [4.78, 5) is 4.32. The van der Waals surface area contributed by atoms with Crippen molar-refractivity contribution in [2.45, 2.75) is 33.0 Å². The van der Waals surface area contributed by atoms with E-state index in [1.165, 1.54) is 6.07 Å². The van der Waals surface area contributed by atoms with Gasteiger partial charge in [0.1, 0.15) is 11.6 Å². The Balaban J connectivity index is 2.10. The van der Waals surface area contributed by atoms with E-state index in [1.54, 1.807) is 18.3 Å². The van der Waals surface area contributed by atoms with Gasteiger partial charge in [0.25, 0.3) is 0 Å². The maximum absolute atomic E-state index is 13.1. The molecule has 0 aliphatic heterocycles. The largest absolute Gasteiger partial charge is 0.329 e. The van der Waals surface area contributed by atoms with Gasteiger partial charge in [-0.05, 0) is 17.7 Å². The second-order valence-corrected chi connectivity index (χ2v) is 5.16. The van der Waals surface area contributed by atoms with Crippen LogP contribution < -0.4 is 5.32 Å². The van der Waals surface area contributed by atoms with Crippen LogP contribution in [0.2, 0.25) is 5.02 Å². The van der Waals surface area contributed by atoms with Crippen molar-refractivity contribution in [3.8, 4) is 0 Å². The number of rotatable bonds is 5. The van der Waals surface area contributed by atoms with E-state index in [2.05, 4.69) is 24.1 Å². The van der Waals surface area contributed by atoms with E-state index in [-0.39, 0.29) is 5.02 Å². The molecule has 0 aliphatic rings. The van der Waals surface area contributed by atoms with E-state index in [1.807, 2.05) is 10.8 Å². The van der Waals surface area contributed by atoms with Crippen LogP contribution in [0.15, 0.2) is 30.6 Å². The van der Waals surface area contributed by atoms with Crippen LogP contribution in [0.3, 0.4) is 0 Å². The lowest BCUT2D eigenvalue weighted by Crippen LogP contribution is -2.24. The smallest absolute Gasteiger partial charge is 0.141 e. The zero-order valence-electron chi connectivity index (χ0n) is 11.0. The molecule has 0 bridgehead atoms. The van der Waals surface area contributed by atoms with Crippen LogP contribution in [0.5, 0.6) is 0 Å². The van der Waals surface area contributed by atoms with Gasteiger partial charge < -0.3 is 9.88 Å². The molecule has 1 aromatic carbocycles. The summed E-state index contributed by atoms with van der Waals surface area (Å²) in [5, 5.41) is 3.48. The predicted octanol–water partition coefficient (Wildman–Crippen LogP) is 3.22. The minimum atomic E-state index is -0.391. The Kier molecular flexibility index (Phi) is 4.56. The molecule has 0 unspecified atom stereocenters.